The molecule has 0 bridgehead atoms. The highest BCUT2D eigenvalue weighted by Gasteiger charge is 2.39. The molecule has 3 rings (SSSR count). The largest absolute Gasteiger partial charge is 0.493 e. The molecule has 3 atom stereocenters. The van der Waals surface area contributed by atoms with Crippen LogP contribution in [-0.4, -0.2) is 45.0 Å². The van der Waals surface area contributed by atoms with Crippen LogP contribution in [0.2, 0.25) is 0 Å². The number of carbonyl (C=O) groups excluding carboxylic acids is 3. The smallest absolute Gasteiger partial charge is 0.308 e. The number of esters is 3. The van der Waals surface area contributed by atoms with Gasteiger partial charge in [0.25, 0.3) is 0 Å². The van der Waals surface area contributed by atoms with Gasteiger partial charge in [-0.25, -0.2) is 0 Å². The van der Waals surface area contributed by atoms with E-state index in [1.807, 2.05) is 18.2 Å². The van der Waals surface area contributed by atoms with Crippen molar-refractivity contribution in [3.63, 3.8) is 0 Å². The SMILES string of the molecule is COc1cc(C[C@H]2CO[C@@H](OC(C)=O)[C@@H]2Cc2ccc(OC(C)=O)c(OC)c2)ccc1OC(C)=O. The summed E-state index contributed by atoms with van der Waals surface area (Å²) < 4.78 is 32.5. The van der Waals surface area contributed by atoms with E-state index in [1.165, 1.54) is 35.0 Å². The molecule has 1 fully saturated rings. The molecule has 0 aliphatic carbocycles. The van der Waals surface area contributed by atoms with Crippen LogP contribution in [0, 0.1) is 11.8 Å². The zero-order valence-electron chi connectivity index (χ0n) is 20.5. The molecule has 188 valence electrons. The van der Waals surface area contributed by atoms with E-state index in [2.05, 4.69) is 0 Å². The van der Waals surface area contributed by atoms with Gasteiger partial charge < -0.3 is 28.4 Å². The third-order valence-corrected chi connectivity index (χ3v) is 5.64. The standard InChI is InChI=1S/C26H30O9/c1-15(27)33-22-8-6-18(12-24(22)30-4)10-20-14-32-26(35-17(3)29)21(20)11-19-7-9-23(34-16(2)28)25(13-19)31-5/h6-9,12-13,20-21,26H,10-11,14H2,1-5H3/t20-,21+,26-/m0/s1. The summed E-state index contributed by atoms with van der Waals surface area (Å²) in [5, 5.41) is 0. The average molecular weight is 487 g/mol. The summed E-state index contributed by atoms with van der Waals surface area (Å²) >= 11 is 0. The van der Waals surface area contributed by atoms with Crippen LogP contribution < -0.4 is 18.9 Å². The van der Waals surface area contributed by atoms with E-state index in [0.29, 0.717) is 42.4 Å². The summed E-state index contributed by atoms with van der Waals surface area (Å²) in [4.78, 5) is 34.4. The van der Waals surface area contributed by atoms with Crippen molar-refractivity contribution in [1.82, 2.24) is 0 Å². The Kier molecular flexibility index (Phi) is 8.70. The quantitative estimate of drug-likeness (QED) is 0.389. The second kappa shape index (κ2) is 11.7. The lowest BCUT2D eigenvalue weighted by Gasteiger charge is -2.23. The molecule has 0 unspecified atom stereocenters. The van der Waals surface area contributed by atoms with Crippen molar-refractivity contribution in [3.8, 4) is 23.0 Å². The summed E-state index contributed by atoms with van der Waals surface area (Å²) in [7, 11) is 3.01. The fourth-order valence-corrected chi connectivity index (χ4v) is 4.18. The highest BCUT2D eigenvalue weighted by Crippen LogP contribution is 2.37. The van der Waals surface area contributed by atoms with Crippen molar-refractivity contribution in [3.05, 3.63) is 47.5 Å². The van der Waals surface area contributed by atoms with Crippen molar-refractivity contribution in [2.45, 2.75) is 39.9 Å². The first-order chi connectivity index (χ1) is 16.7. The van der Waals surface area contributed by atoms with Gasteiger partial charge in [-0.2, -0.15) is 0 Å². The van der Waals surface area contributed by atoms with E-state index in [1.54, 1.807) is 18.2 Å². The maximum Gasteiger partial charge on any atom is 0.308 e. The Morgan fingerprint density at radius 1 is 0.771 bits per heavy atom. The first kappa shape index (κ1) is 26.0. The second-order valence-corrected chi connectivity index (χ2v) is 8.30. The molecule has 1 saturated heterocycles. The van der Waals surface area contributed by atoms with E-state index in [0.717, 1.165) is 11.1 Å². The summed E-state index contributed by atoms with van der Waals surface area (Å²) in [5.74, 6) is 0.171. The fraction of sp³-hybridized carbons (Fsp3) is 0.423. The third kappa shape index (κ3) is 6.95. The summed E-state index contributed by atoms with van der Waals surface area (Å²) in [6, 6.07) is 10.7. The van der Waals surface area contributed by atoms with E-state index < -0.39 is 24.2 Å². The third-order valence-electron chi connectivity index (χ3n) is 5.64. The molecule has 0 radical (unpaired) electrons. The topological polar surface area (TPSA) is 107 Å². The van der Waals surface area contributed by atoms with Gasteiger partial charge in [0, 0.05) is 26.7 Å². The average Bonchev–Trinajstić information content (AvgIpc) is 3.15. The zero-order chi connectivity index (χ0) is 25.5. The molecule has 1 aliphatic heterocycles. The molecule has 2 aromatic rings. The molecule has 1 aliphatic rings. The molecule has 0 amide bonds. The predicted molar refractivity (Wildman–Crippen MR) is 125 cm³/mol. The Morgan fingerprint density at radius 2 is 1.29 bits per heavy atom. The van der Waals surface area contributed by atoms with Crippen molar-refractivity contribution in [1.29, 1.82) is 0 Å². The molecule has 0 saturated carbocycles. The fourth-order valence-electron chi connectivity index (χ4n) is 4.18. The first-order valence-electron chi connectivity index (χ1n) is 11.2. The van der Waals surface area contributed by atoms with Gasteiger partial charge in [-0.1, -0.05) is 12.1 Å². The summed E-state index contributed by atoms with van der Waals surface area (Å²) in [5.41, 5.74) is 1.88. The maximum atomic E-state index is 11.7. The molecule has 0 aromatic heterocycles. The summed E-state index contributed by atoms with van der Waals surface area (Å²) in [6.45, 7) is 4.41. The second-order valence-electron chi connectivity index (χ2n) is 8.30. The van der Waals surface area contributed by atoms with Crippen molar-refractivity contribution >= 4 is 17.9 Å². The number of methoxy groups -OCH3 is 2. The van der Waals surface area contributed by atoms with Gasteiger partial charge in [-0.15, -0.1) is 0 Å². The van der Waals surface area contributed by atoms with E-state index in [9.17, 15) is 14.4 Å². The highest BCUT2D eigenvalue weighted by molar-refractivity contribution is 5.71. The Morgan fingerprint density at radius 3 is 1.74 bits per heavy atom. The van der Waals surface area contributed by atoms with Crippen LogP contribution in [0.4, 0.5) is 0 Å². The van der Waals surface area contributed by atoms with Crippen molar-refractivity contribution in [2.75, 3.05) is 20.8 Å². The molecule has 0 N–H and O–H groups in total. The van der Waals surface area contributed by atoms with Gasteiger partial charge in [0.05, 0.1) is 20.8 Å². The molecule has 0 spiro atoms. The predicted octanol–water partition coefficient (Wildman–Crippen LogP) is 3.49. The molecule has 1 heterocycles. The van der Waals surface area contributed by atoms with Gasteiger partial charge in [0.15, 0.2) is 23.0 Å². The normalized spacial score (nSPS) is 19.1. The van der Waals surface area contributed by atoms with Gasteiger partial charge in [0.2, 0.25) is 6.29 Å². The lowest BCUT2D eigenvalue weighted by atomic mass is 9.84. The Balaban J connectivity index is 1.83. The minimum absolute atomic E-state index is 0.0303. The van der Waals surface area contributed by atoms with E-state index >= 15 is 0 Å². The van der Waals surface area contributed by atoms with Crippen molar-refractivity contribution in [2.24, 2.45) is 11.8 Å². The molecule has 9 nitrogen and oxygen atoms in total. The maximum absolute atomic E-state index is 11.7. The molecule has 2 aromatic carbocycles. The minimum Gasteiger partial charge on any atom is -0.493 e. The number of carbonyl (C=O) groups is 3. The number of ether oxygens (including phenoxy) is 6. The highest BCUT2D eigenvalue weighted by atomic mass is 16.7. The first-order valence-corrected chi connectivity index (χ1v) is 11.2. The number of rotatable bonds is 9. The van der Waals surface area contributed by atoms with Gasteiger partial charge >= 0.3 is 17.9 Å². The molecular weight excluding hydrogens is 456 g/mol. The molecule has 35 heavy (non-hydrogen) atoms. The number of hydrogen-bond acceptors (Lipinski definition) is 9. The van der Waals surface area contributed by atoms with Crippen LogP contribution in [0.3, 0.4) is 0 Å². The van der Waals surface area contributed by atoms with Crippen LogP contribution in [-0.2, 0) is 36.7 Å². The monoisotopic (exact) mass is 486 g/mol. The van der Waals surface area contributed by atoms with E-state index in [-0.39, 0.29) is 11.8 Å². The number of hydrogen-bond donors (Lipinski definition) is 0. The van der Waals surface area contributed by atoms with Crippen LogP contribution >= 0.6 is 0 Å². The molecule has 9 heteroatoms. The Labute approximate surface area is 204 Å². The van der Waals surface area contributed by atoms with Crippen LogP contribution in [0.25, 0.3) is 0 Å². The van der Waals surface area contributed by atoms with Gasteiger partial charge in [-0.3, -0.25) is 14.4 Å². The zero-order valence-corrected chi connectivity index (χ0v) is 20.5. The van der Waals surface area contributed by atoms with E-state index in [4.69, 9.17) is 28.4 Å². The number of benzene rings is 2. The van der Waals surface area contributed by atoms with Crippen LogP contribution in [0.1, 0.15) is 31.9 Å². The summed E-state index contributed by atoms with van der Waals surface area (Å²) in [6.07, 6.45) is 0.475. The lowest BCUT2D eigenvalue weighted by molar-refractivity contribution is -0.173. The molecular formula is C26H30O9. The Bertz CT molecular complexity index is 1080. The van der Waals surface area contributed by atoms with Crippen molar-refractivity contribution < 1.29 is 42.8 Å². The van der Waals surface area contributed by atoms with Crippen LogP contribution in [0.5, 0.6) is 23.0 Å². The van der Waals surface area contributed by atoms with Gasteiger partial charge in [0.1, 0.15) is 0 Å². The minimum atomic E-state index is -0.696. The lowest BCUT2D eigenvalue weighted by Crippen LogP contribution is -2.28. The van der Waals surface area contributed by atoms with Crippen LogP contribution in [0.15, 0.2) is 36.4 Å². The van der Waals surface area contributed by atoms with Gasteiger partial charge in [-0.05, 0) is 54.2 Å². The Hall–Kier alpha value is -3.59.